The fourth-order valence-electron chi connectivity index (χ4n) is 6.16. The standard InChI is InChI=1S/C33H43N11O5.ClH/c1-24(21-43-23-37-40-41-43)49-31-17-25(3-4-26(31)18-34)27-19-35-33(36-20-27)38-30-22-44(39-32(30)48-16-15-47-14-13-45-2)29-7-5-28(6-8-29)42-9-11-46-12-10-42;/h3-4,17,19-20,22-24,28-29H,5-16,21H2,1-2H3,(H,35,36,38);1H/t24-,28?,29?;/m0./s1. The van der Waals surface area contributed by atoms with Crippen LogP contribution < -0.4 is 14.8 Å². The summed E-state index contributed by atoms with van der Waals surface area (Å²) < 4.78 is 32.0. The third-order valence-electron chi connectivity index (χ3n) is 8.70. The zero-order valence-electron chi connectivity index (χ0n) is 28.4. The van der Waals surface area contributed by atoms with Gasteiger partial charge in [-0.2, -0.15) is 5.26 Å². The lowest BCUT2D eigenvalue weighted by molar-refractivity contribution is 0.00501. The Morgan fingerprint density at radius 2 is 1.78 bits per heavy atom. The topological polar surface area (TPSA) is 172 Å². The maximum atomic E-state index is 9.67. The molecule has 16 nitrogen and oxygen atoms in total. The molecule has 6 rings (SSSR count). The number of nitrogens with zero attached hydrogens (tertiary/aromatic N) is 10. The number of tetrazole rings is 1. The number of benzene rings is 1. The first kappa shape index (κ1) is 36.9. The molecule has 1 aromatic carbocycles. The molecule has 0 amide bonds. The zero-order valence-corrected chi connectivity index (χ0v) is 29.2. The molecule has 2 aliphatic rings. The van der Waals surface area contributed by atoms with Crippen LogP contribution >= 0.6 is 12.4 Å². The number of hydrogen-bond acceptors (Lipinski definition) is 14. The van der Waals surface area contributed by atoms with Gasteiger partial charge >= 0.3 is 0 Å². The minimum absolute atomic E-state index is 0. The second-order valence-corrected chi connectivity index (χ2v) is 12.1. The van der Waals surface area contributed by atoms with Crippen molar-refractivity contribution < 1.29 is 23.7 Å². The minimum Gasteiger partial charge on any atom is -0.487 e. The number of morpholine rings is 1. The third kappa shape index (κ3) is 9.86. The van der Waals surface area contributed by atoms with Crippen molar-refractivity contribution in [2.45, 2.75) is 57.3 Å². The Morgan fingerprint density at radius 3 is 2.50 bits per heavy atom. The van der Waals surface area contributed by atoms with Gasteiger partial charge in [0.05, 0.1) is 57.4 Å². The van der Waals surface area contributed by atoms with Crippen molar-refractivity contribution >= 4 is 24.0 Å². The number of nitriles is 1. The first-order chi connectivity index (χ1) is 24.1. The van der Waals surface area contributed by atoms with Gasteiger partial charge in [-0.1, -0.05) is 6.07 Å². The molecule has 4 heterocycles. The van der Waals surface area contributed by atoms with Crippen molar-refractivity contribution in [3.05, 3.63) is 48.7 Å². The third-order valence-corrected chi connectivity index (χ3v) is 8.70. The smallest absolute Gasteiger partial charge is 0.257 e. The average molecular weight is 710 g/mol. The maximum absolute atomic E-state index is 9.67. The van der Waals surface area contributed by atoms with Crippen LogP contribution in [0.15, 0.2) is 43.1 Å². The van der Waals surface area contributed by atoms with E-state index in [1.807, 2.05) is 29.9 Å². The van der Waals surface area contributed by atoms with Crippen molar-refractivity contribution in [2.24, 2.45) is 0 Å². The maximum Gasteiger partial charge on any atom is 0.257 e. The van der Waals surface area contributed by atoms with Gasteiger partial charge < -0.3 is 29.0 Å². The van der Waals surface area contributed by atoms with Gasteiger partial charge in [-0.15, -0.1) is 22.6 Å². The Hall–Kier alpha value is -4.40. The highest BCUT2D eigenvalue weighted by Crippen LogP contribution is 2.35. The van der Waals surface area contributed by atoms with Gasteiger partial charge in [0.2, 0.25) is 5.95 Å². The highest BCUT2D eigenvalue weighted by Gasteiger charge is 2.29. The molecule has 0 bridgehead atoms. The molecule has 268 valence electrons. The molecule has 1 N–H and O–H groups in total. The van der Waals surface area contributed by atoms with E-state index in [0.29, 0.717) is 67.8 Å². The van der Waals surface area contributed by atoms with E-state index in [2.05, 4.69) is 41.8 Å². The number of halogens is 1. The average Bonchev–Trinajstić information content (AvgIpc) is 3.80. The first-order valence-corrected chi connectivity index (χ1v) is 16.7. The highest BCUT2D eigenvalue weighted by atomic mass is 35.5. The highest BCUT2D eigenvalue weighted by molar-refractivity contribution is 5.85. The van der Waals surface area contributed by atoms with Crippen molar-refractivity contribution in [3.63, 3.8) is 0 Å². The summed E-state index contributed by atoms with van der Waals surface area (Å²) in [6.07, 6.45) is 11.0. The molecule has 3 aromatic heterocycles. The number of hydrogen-bond donors (Lipinski definition) is 1. The summed E-state index contributed by atoms with van der Waals surface area (Å²) in [5.74, 6) is 1.34. The molecular weight excluding hydrogens is 666 g/mol. The van der Waals surface area contributed by atoms with Gasteiger partial charge in [-0.05, 0) is 60.7 Å². The summed E-state index contributed by atoms with van der Waals surface area (Å²) >= 11 is 0. The number of ether oxygens (including phenoxy) is 5. The number of nitrogens with one attached hydrogen (secondary N) is 1. The van der Waals surface area contributed by atoms with E-state index in [9.17, 15) is 5.26 Å². The Kier molecular flexibility index (Phi) is 13.7. The Labute approximate surface area is 297 Å². The van der Waals surface area contributed by atoms with Crippen LogP contribution in [-0.2, 0) is 20.8 Å². The molecule has 4 aromatic rings. The van der Waals surface area contributed by atoms with Crippen molar-refractivity contribution in [1.82, 2.24) is 44.9 Å². The summed E-state index contributed by atoms with van der Waals surface area (Å²) in [5, 5.41) is 29.0. The molecule has 17 heteroatoms. The number of anilines is 2. The normalized spacial score (nSPS) is 18.5. The van der Waals surface area contributed by atoms with Crippen LogP contribution in [0.4, 0.5) is 11.6 Å². The lowest BCUT2D eigenvalue weighted by Gasteiger charge is -2.38. The van der Waals surface area contributed by atoms with Crippen molar-refractivity contribution in [2.75, 3.05) is 65.2 Å². The van der Waals surface area contributed by atoms with Crippen LogP contribution in [0.2, 0.25) is 0 Å². The summed E-state index contributed by atoms with van der Waals surface area (Å²) in [4.78, 5) is 11.7. The molecule has 2 fully saturated rings. The van der Waals surface area contributed by atoms with Crippen LogP contribution in [0.25, 0.3) is 11.1 Å². The largest absolute Gasteiger partial charge is 0.487 e. The monoisotopic (exact) mass is 709 g/mol. The van der Waals surface area contributed by atoms with E-state index >= 15 is 0 Å². The van der Waals surface area contributed by atoms with E-state index in [-0.39, 0.29) is 24.6 Å². The molecule has 0 radical (unpaired) electrons. The van der Waals surface area contributed by atoms with Gasteiger partial charge in [0, 0.05) is 44.2 Å². The van der Waals surface area contributed by atoms with Gasteiger partial charge in [-0.25, -0.2) is 14.6 Å². The van der Waals surface area contributed by atoms with E-state index < -0.39 is 0 Å². The van der Waals surface area contributed by atoms with Gasteiger partial charge in [-0.3, -0.25) is 9.58 Å². The molecule has 0 unspecified atom stereocenters. The SMILES string of the molecule is COCCOCCOc1nn(C2CCC(N3CCOCC3)CC2)cc1Nc1ncc(-c2ccc(C#N)c(O[C@@H](C)Cn3cnnn3)c2)cn1.Cl. The quantitative estimate of drug-likeness (QED) is 0.167. The zero-order chi connectivity index (χ0) is 33.8. The predicted octanol–water partition coefficient (Wildman–Crippen LogP) is 3.69. The lowest BCUT2D eigenvalue weighted by Crippen LogP contribution is -2.45. The summed E-state index contributed by atoms with van der Waals surface area (Å²) in [5.41, 5.74) is 2.69. The second kappa shape index (κ2) is 18.6. The molecule has 1 saturated carbocycles. The fourth-order valence-corrected chi connectivity index (χ4v) is 6.16. The summed E-state index contributed by atoms with van der Waals surface area (Å²) in [7, 11) is 1.64. The van der Waals surface area contributed by atoms with E-state index in [4.69, 9.17) is 28.8 Å². The van der Waals surface area contributed by atoms with E-state index in [1.165, 1.54) is 6.33 Å². The van der Waals surface area contributed by atoms with Gasteiger partial charge in [0.1, 0.15) is 36.5 Å². The Balaban J connectivity index is 0.00000486. The van der Waals surface area contributed by atoms with Crippen LogP contribution in [0.3, 0.4) is 0 Å². The number of methoxy groups -OCH3 is 1. The minimum atomic E-state index is -0.275. The lowest BCUT2D eigenvalue weighted by atomic mass is 9.90. The summed E-state index contributed by atoms with van der Waals surface area (Å²) in [6, 6.07) is 8.47. The van der Waals surface area contributed by atoms with Crippen LogP contribution in [-0.4, -0.2) is 117 Å². The molecule has 1 saturated heterocycles. The van der Waals surface area contributed by atoms with Crippen molar-refractivity contribution in [1.29, 1.82) is 5.26 Å². The molecule has 1 aliphatic carbocycles. The van der Waals surface area contributed by atoms with Crippen LogP contribution in [0, 0.1) is 11.3 Å². The van der Waals surface area contributed by atoms with Gasteiger partial charge in [0.15, 0.2) is 0 Å². The van der Waals surface area contributed by atoms with Crippen molar-refractivity contribution in [3.8, 4) is 28.8 Å². The second-order valence-electron chi connectivity index (χ2n) is 12.1. The van der Waals surface area contributed by atoms with Gasteiger partial charge in [0.25, 0.3) is 5.88 Å². The number of aromatic nitrogens is 8. The Bertz CT molecular complexity index is 1640. The first-order valence-electron chi connectivity index (χ1n) is 16.7. The molecule has 0 spiro atoms. The van der Waals surface area contributed by atoms with Crippen LogP contribution in [0.5, 0.6) is 11.6 Å². The molecule has 50 heavy (non-hydrogen) atoms. The van der Waals surface area contributed by atoms with E-state index in [1.54, 1.807) is 30.3 Å². The predicted molar refractivity (Wildman–Crippen MR) is 185 cm³/mol. The van der Waals surface area contributed by atoms with Crippen LogP contribution in [0.1, 0.15) is 44.2 Å². The molecule has 1 aliphatic heterocycles. The summed E-state index contributed by atoms with van der Waals surface area (Å²) in [6.45, 7) is 7.77. The molecule has 1 atom stereocenters. The Morgan fingerprint density at radius 1 is 1.02 bits per heavy atom. The molecular formula is C33H44ClN11O5. The number of rotatable bonds is 16. The fraction of sp³-hybridized carbons (Fsp3) is 0.545. The van der Waals surface area contributed by atoms with E-state index in [0.717, 1.165) is 63.1 Å².